The molecule has 0 saturated carbocycles. The van der Waals surface area contributed by atoms with Gasteiger partial charge < -0.3 is 10.1 Å². The number of anilines is 2. The lowest BCUT2D eigenvalue weighted by molar-refractivity contribution is -0.122. The van der Waals surface area contributed by atoms with Crippen molar-refractivity contribution in [2.45, 2.75) is 34.6 Å². The van der Waals surface area contributed by atoms with Crippen LogP contribution in [0.5, 0.6) is 0 Å². The third-order valence-electron chi connectivity index (χ3n) is 7.68. The lowest BCUT2D eigenvalue weighted by Gasteiger charge is -2.30. The Morgan fingerprint density at radius 3 is 2.23 bits per heavy atom. The van der Waals surface area contributed by atoms with Crippen molar-refractivity contribution in [3.05, 3.63) is 103 Å². The molecule has 0 spiro atoms. The molecule has 3 amide bonds. The van der Waals surface area contributed by atoms with Crippen LogP contribution < -0.4 is 20.2 Å². The molecular formula is C31H25ClN4O8S3. The Kier molecular flexibility index (Phi) is 8.84. The molecule has 2 aliphatic rings. The van der Waals surface area contributed by atoms with Crippen molar-refractivity contribution in [3.63, 3.8) is 0 Å². The van der Waals surface area contributed by atoms with Crippen molar-refractivity contribution >= 4 is 79.8 Å². The average molecular weight is 713 g/mol. The van der Waals surface area contributed by atoms with Gasteiger partial charge in [-0.25, -0.2) is 23.3 Å². The van der Waals surface area contributed by atoms with Gasteiger partial charge in [-0.05, 0) is 73.2 Å². The first kappa shape index (κ1) is 32.7. The van der Waals surface area contributed by atoms with E-state index in [1.807, 2.05) is 0 Å². The zero-order chi connectivity index (χ0) is 33.6. The van der Waals surface area contributed by atoms with Gasteiger partial charge in [0.25, 0.3) is 0 Å². The number of thiazole rings is 1. The number of hydrogen-bond acceptors (Lipinski definition) is 10. The Labute approximate surface area is 281 Å². The van der Waals surface area contributed by atoms with Crippen LogP contribution in [0.2, 0.25) is 5.02 Å². The topological polar surface area (TPSA) is 175 Å². The van der Waals surface area contributed by atoms with E-state index in [2.05, 4.69) is 5.32 Å². The molecule has 2 unspecified atom stereocenters. The first-order valence-electron chi connectivity index (χ1n) is 14.1. The summed E-state index contributed by atoms with van der Waals surface area (Å²) in [6, 6.07) is 18.0. The Balaban J connectivity index is 1.34. The molecule has 47 heavy (non-hydrogen) atoms. The van der Waals surface area contributed by atoms with Crippen LogP contribution in [0.4, 0.5) is 11.4 Å². The predicted molar refractivity (Wildman–Crippen MR) is 176 cm³/mol. The number of primary sulfonamides is 1. The summed E-state index contributed by atoms with van der Waals surface area (Å²) in [5.41, 5.74) is 1.50. The number of sulfonamides is 1. The SMILES string of the molecule is CCOC(=O)c1ccc(N2C(=O)C3Sc4c(sc(=O)n4CC(=O)Nc4ccc(S(N)(=O)=O)cc4)[C@@H](c4ccc(Cl)cc4)C3C2=O)cc1. The van der Waals surface area contributed by atoms with E-state index in [9.17, 15) is 32.4 Å². The van der Waals surface area contributed by atoms with Crippen molar-refractivity contribution in [2.24, 2.45) is 11.1 Å². The molecule has 12 nitrogen and oxygen atoms in total. The number of carbonyl (C=O) groups excluding carboxylic acids is 4. The number of benzene rings is 3. The molecule has 3 heterocycles. The molecule has 6 rings (SSSR count). The molecule has 1 aromatic heterocycles. The number of rotatable bonds is 8. The van der Waals surface area contributed by atoms with Gasteiger partial charge in [-0.2, -0.15) is 0 Å². The highest BCUT2D eigenvalue weighted by Gasteiger charge is 2.56. The van der Waals surface area contributed by atoms with E-state index >= 15 is 0 Å². The maximum atomic E-state index is 14.1. The molecule has 3 N–H and O–H groups in total. The number of ether oxygens (including phenoxy) is 1. The van der Waals surface area contributed by atoms with Crippen LogP contribution in [-0.4, -0.2) is 48.5 Å². The van der Waals surface area contributed by atoms with E-state index < -0.39 is 62.2 Å². The summed E-state index contributed by atoms with van der Waals surface area (Å²) in [6.07, 6.45) is 0. The second kappa shape index (κ2) is 12.7. The monoisotopic (exact) mass is 712 g/mol. The highest BCUT2D eigenvalue weighted by Crippen LogP contribution is 2.54. The largest absolute Gasteiger partial charge is 0.462 e. The van der Waals surface area contributed by atoms with Crippen molar-refractivity contribution < 1.29 is 32.3 Å². The van der Waals surface area contributed by atoms with Crippen molar-refractivity contribution in [1.82, 2.24) is 4.57 Å². The summed E-state index contributed by atoms with van der Waals surface area (Å²) in [4.78, 5) is 67.7. The minimum absolute atomic E-state index is 0.127. The Bertz CT molecular complexity index is 2080. The normalized spacial score (nSPS) is 18.9. The second-order valence-corrected chi connectivity index (χ2v) is 14.7. The molecule has 242 valence electrons. The van der Waals surface area contributed by atoms with Crippen LogP contribution in [0.25, 0.3) is 0 Å². The van der Waals surface area contributed by atoms with Crippen molar-refractivity contribution in [1.29, 1.82) is 0 Å². The summed E-state index contributed by atoms with van der Waals surface area (Å²) < 4.78 is 29.4. The van der Waals surface area contributed by atoms with Gasteiger partial charge in [0.1, 0.15) is 11.8 Å². The smallest absolute Gasteiger partial charge is 0.338 e. The number of nitrogens with two attached hydrogens (primary N) is 1. The molecule has 1 saturated heterocycles. The molecule has 0 radical (unpaired) electrons. The summed E-state index contributed by atoms with van der Waals surface area (Å²) >= 11 is 8.11. The molecule has 2 aliphatic heterocycles. The van der Waals surface area contributed by atoms with E-state index in [1.54, 1.807) is 31.2 Å². The van der Waals surface area contributed by atoms with Crippen LogP contribution >= 0.6 is 34.7 Å². The fraction of sp³-hybridized carbons (Fsp3) is 0.194. The summed E-state index contributed by atoms with van der Waals surface area (Å²) in [5.74, 6) is -3.63. The van der Waals surface area contributed by atoms with Gasteiger partial charge in [-0.3, -0.25) is 23.7 Å². The first-order chi connectivity index (χ1) is 22.4. The molecule has 1 fully saturated rings. The van der Waals surface area contributed by atoms with Crippen LogP contribution in [0, 0.1) is 5.92 Å². The fourth-order valence-corrected chi connectivity index (χ4v) is 8.99. The molecule has 3 aromatic carbocycles. The molecule has 4 aromatic rings. The number of aromatic nitrogens is 1. The number of imide groups is 1. The summed E-state index contributed by atoms with van der Waals surface area (Å²) in [5, 5.41) is 7.71. The third kappa shape index (κ3) is 6.24. The third-order valence-corrected chi connectivity index (χ3v) is 11.5. The number of carbonyl (C=O) groups is 4. The number of hydrogen-bond donors (Lipinski definition) is 2. The highest BCUT2D eigenvalue weighted by atomic mass is 35.5. The number of nitrogens with one attached hydrogen (secondary N) is 1. The minimum Gasteiger partial charge on any atom is -0.462 e. The van der Waals surface area contributed by atoms with Crippen LogP contribution in [0.1, 0.15) is 33.6 Å². The number of amides is 3. The van der Waals surface area contributed by atoms with Crippen molar-refractivity contribution in [2.75, 3.05) is 16.8 Å². The van der Waals surface area contributed by atoms with Gasteiger partial charge in [-0.1, -0.05) is 46.8 Å². The van der Waals surface area contributed by atoms with Crippen LogP contribution in [0.3, 0.4) is 0 Å². The summed E-state index contributed by atoms with van der Waals surface area (Å²) in [7, 11) is -3.92. The zero-order valence-corrected chi connectivity index (χ0v) is 27.6. The second-order valence-electron chi connectivity index (χ2n) is 10.6. The minimum atomic E-state index is -3.92. The number of esters is 1. The molecule has 0 aliphatic carbocycles. The van der Waals surface area contributed by atoms with E-state index in [-0.39, 0.29) is 28.4 Å². The highest BCUT2D eigenvalue weighted by molar-refractivity contribution is 8.00. The Hall–Kier alpha value is -4.28. The number of fused-ring (bicyclic) bond motifs is 2. The van der Waals surface area contributed by atoms with E-state index in [0.29, 0.717) is 20.5 Å². The van der Waals surface area contributed by atoms with E-state index in [4.69, 9.17) is 21.5 Å². The molecule has 3 atom stereocenters. The molecule has 16 heteroatoms. The lowest BCUT2D eigenvalue weighted by Crippen LogP contribution is -2.33. The van der Waals surface area contributed by atoms with Gasteiger partial charge in [0.15, 0.2) is 0 Å². The van der Waals surface area contributed by atoms with Crippen LogP contribution in [0.15, 0.2) is 87.5 Å². The summed E-state index contributed by atoms with van der Waals surface area (Å²) in [6.45, 7) is 1.48. The Morgan fingerprint density at radius 1 is 0.957 bits per heavy atom. The van der Waals surface area contributed by atoms with Gasteiger partial charge in [0.2, 0.25) is 27.7 Å². The van der Waals surface area contributed by atoms with Gasteiger partial charge >= 0.3 is 10.8 Å². The Morgan fingerprint density at radius 2 is 1.62 bits per heavy atom. The zero-order valence-electron chi connectivity index (χ0n) is 24.4. The maximum Gasteiger partial charge on any atom is 0.338 e. The molecular weight excluding hydrogens is 688 g/mol. The van der Waals surface area contributed by atoms with Crippen LogP contribution in [-0.2, 0) is 35.7 Å². The maximum absolute atomic E-state index is 14.1. The van der Waals surface area contributed by atoms with Crippen molar-refractivity contribution in [3.8, 4) is 0 Å². The lowest BCUT2D eigenvalue weighted by atomic mass is 9.83. The predicted octanol–water partition coefficient (Wildman–Crippen LogP) is 3.82. The fourth-order valence-electron chi connectivity index (χ4n) is 5.57. The quantitative estimate of drug-likeness (QED) is 0.203. The number of halogens is 1. The van der Waals surface area contributed by atoms with Gasteiger partial charge in [0, 0.05) is 21.5 Å². The number of nitrogens with zero attached hydrogens (tertiary/aromatic N) is 2. The van der Waals surface area contributed by atoms with E-state index in [1.165, 1.54) is 53.1 Å². The standard InChI is InChI=1S/C31H25ClN4O8S3/c1-2-44-30(40)17-5-11-20(12-6-17)36-27(38)24-23(16-3-7-18(32)8-4-16)26-29(45-25(24)28(36)39)35(31(41)46-26)15-22(37)34-19-9-13-21(14-10-19)47(33,42)43/h3-14,23-25H,2,15H2,1H3,(H,34,37)(H2,33,42,43)/t23-,24?,25?/m0/s1. The first-order valence-corrected chi connectivity index (χ1v) is 17.7. The molecule has 0 bridgehead atoms. The van der Waals surface area contributed by atoms with Gasteiger partial charge in [-0.15, -0.1) is 0 Å². The van der Waals surface area contributed by atoms with Gasteiger partial charge in [0.05, 0.1) is 33.7 Å². The van der Waals surface area contributed by atoms with E-state index in [0.717, 1.165) is 28.0 Å². The average Bonchev–Trinajstić information content (AvgIpc) is 3.47. The number of thioether (sulfide) groups is 1.